The first-order valence-electron chi connectivity index (χ1n) is 9.60. The number of hydrogen-bond acceptors (Lipinski definition) is 5. The van der Waals surface area contributed by atoms with Gasteiger partial charge in [-0.3, -0.25) is 4.79 Å². The minimum atomic E-state index is -0.812. The van der Waals surface area contributed by atoms with Crippen LogP contribution in [0.5, 0.6) is 0 Å². The van der Waals surface area contributed by atoms with E-state index in [0.29, 0.717) is 25.0 Å². The predicted octanol–water partition coefficient (Wildman–Crippen LogP) is 3.40. The third-order valence-corrected chi connectivity index (χ3v) is 6.59. The normalized spacial score (nSPS) is 44.8. The Hall–Kier alpha value is -0.650. The summed E-state index contributed by atoms with van der Waals surface area (Å²) in [7, 11) is 0. The van der Waals surface area contributed by atoms with Crippen molar-refractivity contribution >= 4 is 5.97 Å². The fourth-order valence-electron chi connectivity index (χ4n) is 5.59. The van der Waals surface area contributed by atoms with Crippen molar-refractivity contribution in [3.8, 4) is 0 Å². The molecule has 5 heteroatoms. The van der Waals surface area contributed by atoms with Gasteiger partial charge in [0, 0.05) is 18.8 Å². The minimum Gasteiger partial charge on any atom is -0.433 e. The smallest absolute Gasteiger partial charge is 0.311 e. The molecule has 2 aliphatic heterocycles. The van der Waals surface area contributed by atoms with Crippen LogP contribution in [0.15, 0.2) is 0 Å². The second kappa shape index (κ2) is 5.68. The predicted molar refractivity (Wildman–Crippen MR) is 87.1 cm³/mol. The number of hydrogen-bond donors (Lipinski definition) is 0. The van der Waals surface area contributed by atoms with Crippen LogP contribution in [0.3, 0.4) is 0 Å². The molecule has 0 unspecified atom stereocenters. The van der Waals surface area contributed by atoms with E-state index < -0.39 is 17.2 Å². The summed E-state index contributed by atoms with van der Waals surface area (Å²) in [5.41, 5.74) is -0.678. The van der Waals surface area contributed by atoms with Crippen molar-refractivity contribution in [3.05, 3.63) is 0 Å². The first-order valence-corrected chi connectivity index (χ1v) is 9.60. The second-order valence-electron chi connectivity index (χ2n) is 8.60. The van der Waals surface area contributed by atoms with Gasteiger partial charge in [-0.05, 0) is 37.5 Å². The molecule has 0 aromatic carbocycles. The zero-order valence-electron chi connectivity index (χ0n) is 15.1. The molecule has 5 nitrogen and oxygen atoms in total. The molecule has 3 spiro atoms. The average Bonchev–Trinajstić information content (AvgIpc) is 3.07. The van der Waals surface area contributed by atoms with E-state index in [0.717, 1.165) is 38.5 Å². The van der Waals surface area contributed by atoms with Crippen LogP contribution in [0.1, 0.15) is 65.7 Å². The van der Waals surface area contributed by atoms with Crippen LogP contribution in [-0.4, -0.2) is 36.4 Å². The maximum absolute atomic E-state index is 12.7. The van der Waals surface area contributed by atoms with Crippen molar-refractivity contribution in [3.63, 3.8) is 0 Å². The minimum absolute atomic E-state index is 0.152. The largest absolute Gasteiger partial charge is 0.433 e. The second-order valence-corrected chi connectivity index (χ2v) is 8.60. The van der Waals surface area contributed by atoms with Gasteiger partial charge < -0.3 is 18.9 Å². The Morgan fingerprint density at radius 3 is 2.58 bits per heavy atom. The first kappa shape index (κ1) is 16.8. The average molecular weight is 338 g/mol. The third-order valence-electron chi connectivity index (χ3n) is 6.59. The van der Waals surface area contributed by atoms with Gasteiger partial charge in [-0.1, -0.05) is 20.8 Å². The number of rotatable bonds is 1. The van der Waals surface area contributed by atoms with Gasteiger partial charge >= 0.3 is 5.97 Å². The summed E-state index contributed by atoms with van der Waals surface area (Å²) in [5.74, 6) is -0.584. The van der Waals surface area contributed by atoms with Gasteiger partial charge in [0.05, 0.1) is 19.6 Å². The Labute approximate surface area is 144 Å². The summed E-state index contributed by atoms with van der Waals surface area (Å²) in [6, 6.07) is 0. The molecule has 2 saturated carbocycles. The summed E-state index contributed by atoms with van der Waals surface area (Å²) in [6.07, 6.45) is 5.80. The number of ether oxygens (including phenoxy) is 4. The number of carbonyl (C=O) groups is 1. The molecule has 24 heavy (non-hydrogen) atoms. The van der Waals surface area contributed by atoms with E-state index in [2.05, 4.69) is 20.8 Å². The van der Waals surface area contributed by atoms with Crippen molar-refractivity contribution in [2.45, 2.75) is 82.9 Å². The van der Waals surface area contributed by atoms with Crippen molar-refractivity contribution in [1.82, 2.24) is 0 Å². The lowest BCUT2D eigenvalue weighted by molar-refractivity contribution is -0.390. The van der Waals surface area contributed by atoms with Crippen LogP contribution >= 0.6 is 0 Å². The monoisotopic (exact) mass is 338 g/mol. The highest BCUT2D eigenvalue weighted by atomic mass is 16.8. The van der Waals surface area contributed by atoms with E-state index in [1.807, 2.05) is 0 Å². The summed E-state index contributed by atoms with van der Waals surface area (Å²) >= 11 is 0. The van der Waals surface area contributed by atoms with Crippen LogP contribution in [0, 0.1) is 17.8 Å². The molecule has 4 aliphatic rings. The van der Waals surface area contributed by atoms with Crippen LogP contribution < -0.4 is 0 Å². The molecule has 4 atom stereocenters. The Morgan fingerprint density at radius 1 is 1.12 bits per heavy atom. The molecular weight excluding hydrogens is 308 g/mol. The molecule has 2 heterocycles. The van der Waals surface area contributed by atoms with E-state index in [-0.39, 0.29) is 18.3 Å². The van der Waals surface area contributed by atoms with Gasteiger partial charge in [-0.2, -0.15) is 0 Å². The van der Waals surface area contributed by atoms with Crippen molar-refractivity contribution in [2.75, 3.05) is 13.2 Å². The van der Waals surface area contributed by atoms with Gasteiger partial charge in [0.2, 0.25) is 5.79 Å². The van der Waals surface area contributed by atoms with Crippen molar-refractivity contribution in [1.29, 1.82) is 0 Å². The van der Waals surface area contributed by atoms with Crippen molar-refractivity contribution < 1.29 is 23.7 Å². The number of carbonyl (C=O) groups excluding carboxylic acids is 1. The molecule has 2 aliphatic carbocycles. The highest BCUT2D eigenvalue weighted by molar-refractivity contribution is 5.72. The zero-order valence-corrected chi connectivity index (χ0v) is 15.1. The molecule has 136 valence electrons. The fraction of sp³-hybridized carbons (Fsp3) is 0.947. The third kappa shape index (κ3) is 2.35. The molecule has 0 radical (unpaired) electrons. The lowest BCUT2D eigenvalue weighted by Gasteiger charge is -2.55. The van der Waals surface area contributed by atoms with E-state index in [1.165, 1.54) is 0 Å². The van der Waals surface area contributed by atoms with Crippen LogP contribution in [0.2, 0.25) is 0 Å². The molecule has 0 aromatic rings. The summed E-state index contributed by atoms with van der Waals surface area (Å²) in [5, 5.41) is 0. The Morgan fingerprint density at radius 2 is 1.88 bits per heavy atom. The topological polar surface area (TPSA) is 54.0 Å². The maximum Gasteiger partial charge on any atom is 0.311 e. The molecule has 0 amide bonds. The molecule has 4 fully saturated rings. The molecule has 4 rings (SSSR count). The standard InChI is InChI=1S/C19H30O5/c1-13(2)15-6-5-14(3)11-18(15)23-16(20)12-17(24-18)7-4-8-19(17)21-9-10-22-19/h13-15H,4-12H2,1-3H3/t14-,15+,17+,18+/m1/s1. The van der Waals surface area contributed by atoms with Gasteiger partial charge in [-0.25, -0.2) is 0 Å². The Kier molecular flexibility index (Phi) is 3.98. The van der Waals surface area contributed by atoms with E-state index in [4.69, 9.17) is 18.9 Å². The van der Waals surface area contributed by atoms with Crippen LogP contribution in [0.4, 0.5) is 0 Å². The summed E-state index contributed by atoms with van der Waals surface area (Å²) in [6.45, 7) is 7.79. The zero-order chi connectivity index (χ0) is 17.0. The highest BCUT2D eigenvalue weighted by Crippen LogP contribution is 2.57. The maximum atomic E-state index is 12.7. The lowest BCUT2D eigenvalue weighted by atomic mass is 9.71. The van der Waals surface area contributed by atoms with E-state index >= 15 is 0 Å². The molecule has 2 saturated heterocycles. The van der Waals surface area contributed by atoms with E-state index in [1.54, 1.807) is 0 Å². The van der Waals surface area contributed by atoms with Gasteiger partial charge in [0.15, 0.2) is 5.79 Å². The molecule has 0 aromatic heterocycles. The van der Waals surface area contributed by atoms with Gasteiger partial charge in [0.25, 0.3) is 0 Å². The summed E-state index contributed by atoms with van der Waals surface area (Å²) in [4.78, 5) is 12.7. The SMILES string of the molecule is CC(C)[C@@H]1CC[C@@H](C)C[C@@]12OC(=O)C[C@]1(CCCC13OCCO3)O2. The first-order chi connectivity index (χ1) is 11.4. The van der Waals surface area contributed by atoms with Crippen molar-refractivity contribution in [2.24, 2.45) is 17.8 Å². The van der Waals surface area contributed by atoms with E-state index in [9.17, 15) is 4.79 Å². The number of fused-ring (bicyclic) bond motifs is 1. The summed E-state index contributed by atoms with van der Waals surface area (Å²) < 4.78 is 24.9. The molecule has 0 bridgehead atoms. The molecular formula is C19H30O5. The van der Waals surface area contributed by atoms with Crippen LogP contribution in [0.25, 0.3) is 0 Å². The fourth-order valence-corrected chi connectivity index (χ4v) is 5.59. The quantitative estimate of drug-likeness (QED) is 0.686. The number of esters is 1. The molecule has 0 N–H and O–H groups in total. The Bertz CT molecular complexity index is 506. The van der Waals surface area contributed by atoms with Crippen LogP contribution in [-0.2, 0) is 23.7 Å². The Balaban J connectivity index is 1.73. The lowest BCUT2D eigenvalue weighted by Crippen LogP contribution is -2.66. The highest BCUT2D eigenvalue weighted by Gasteiger charge is 2.68. The van der Waals surface area contributed by atoms with Gasteiger partial charge in [0.1, 0.15) is 5.60 Å². The van der Waals surface area contributed by atoms with Gasteiger partial charge in [-0.15, -0.1) is 0 Å².